The number of benzene rings is 1. The van der Waals surface area contributed by atoms with E-state index in [2.05, 4.69) is 25.4 Å². The van der Waals surface area contributed by atoms with Crippen molar-refractivity contribution < 1.29 is 13.9 Å². The van der Waals surface area contributed by atoms with E-state index in [1.54, 1.807) is 37.1 Å². The molecule has 0 radical (unpaired) electrons. The molecule has 0 unspecified atom stereocenters. The van der Waals surface area contributed by atoms with Crippen LogP contribution in [0.2, 0.25) is 0 Å². The van der Waals surface area contributed by atoms with Gasteiger partial charge in [0, 0.05) is 35.1 Å². The summed E-state index contributed by atoms with van der Waals surface area (Å²) in [6.45, 7) is 5.45. The fourth-order valence-electron chi connectivity index (χ4n) is 3.34. The summed E-state index contributed by atoms with van der Waals surface area (Å²) in [7, 11) is 0. The monoisotopic (exact) mass is 428 g/mol. The van der Waals surface area contributed by atoms with Gasteiger partial charge in [0.05, 0.1) is 23.6 Å². The average molecular weight is 428 g/mol. The molecule has 4 aromatic heterocycles. The van der Waals surface area contributed by atoms with Crippen LogP contribution in [0.5, 0.6) is 0 Å². The number of carbonyl (C=O) groups is 1. The number of pyridine rings is 1. The molecule has 0 bridgehead atoms. The zero-order valence-corrected chi connectivity index (χ0v) is 17.7. The molecule has 9 nitrogen and oxygen atoms in total. The Kier molecular flexibility index (Phi) is 4.58. The molecule has 0 atom stereocenters. The van der Waals surface area contributed by atoms with Gasteiger partial charge in [-0.15, -0.1) is 0 Å². The van der Waals surface area contributed by atoms with E-state index in [-0.39, 0.29) is 0 Å². The average Bonchev–Trinajstić information content (AvgIpc) is 3.35. The lowest BCUT2D eigenvalue weighted by Crippen LogP contribution is -2.27. The van der Waals surface area contributed by atoms with E-state index in [1.165, 1.54) is 4.68 Å². The molecule has 0 saturated carbocycles. The van der Waals surface area contributed by atoms with Crippen molar-refractivity contribution in [3.05, 3.63) is 61.3 Å². The van der Waals surface area contributed by atoms with Crippen LogP contribution < -0.4 is 5.32 Å². The van der Waals surface area contributed by atoms with Crippen LogP contribution in [0.3, 0.4) is 0 Å². The summed E-state index contributed by atoms with van der Waals surface area (Å²) in [5.74, 6) is 0.945. The Bertz CT molecular complexity index is 1430. The largest absolute Gasteiger partial charge is 0.449 e. The maximum Gasteiger partial charge on any atom is 0.435 e. The molecule has 9 heteroatoms. The van der Waals surface area contributed by atoms with Crippen molar-refractivity contribution in [2.45, 2.75) is 26.4 Å². The maximum absolute atomic E-state index is 12.6. The van der Waals surface area contributed by atoms with E-state index in [0.717, 1.165) is 16.5 Å². The SMILES string of the molecule is CC(C)(C)OC(=O)n1ncc2ccc(Nc3c(-c4ncccn4)oc4cnccc34)cc21. The standard InChI is InChI=1S/C23H20N6O3/c1-23(2,3)32-22(30)29-17-11-15(6-5-14(17)12-27-29)28-19-16-7-10-24-13-18(16)31-20(19)21-25-8-4-9-26-21/h4-13,28H,1-3H3. The van der Waals surface area contributed by atoms with Crippen LogP contribution in [0.15, 0.2) is 65.7 Å². The molecule has 5 aromatic rings. The van der Waals surface area contributed by atoms with Crippen molar-refractivity contribution in [1.82, 2.24) is 24.7 Å². The van der Waals surface area contributed by atoms with Gasteiger partial charge >= 0.3 is 6.09 Å². The summed E-state index contributed by atoms with van der Waals surface area (Å²) in [5.41, 5.74) is 2.05. The number of rotatable bonds is 3. The van der Waals surface area contributed by atoms with E-state index in [9.17, 15) is 4.79 Å². The lowest BCUT2D eigenvalue weighted by molar-refractivity contribution is 0.0523. The van der Waals surface area contributed by atoms with Crippen molar-refractivity contribution >= 4 is 39.3 Å². The second-order valence-electron chi connectivity index (χ2n) is 8.19. The summed E-state index contributed by atoms with van der Waals surface area (Å²) in [6, 6.07) is 9.22. The molecule has 0 amide bonds. The summed E-state index contributed by atoms with van der Waals surface area (Å²) in [6.07, 6.45) is 7.74. The summed E-state index contributed by atoms with van der Waals surface area (Å²) in [5, 5.41) is 9.25. The third-order valence-electron chi connectivity index (χ3n) is 4.67. The molecule has 4 heterocycles. The minimum atomic E-state index is -0.625. The van der Waals surface area contributed by atoms with Crippen LogP contribution in [0.25, 0.3) is 33.5 Å². The smallest absolute Gasteiger partial charge is 0.435 e. The minimum absolute atomic E-state index is 0.450. The quantitative estimate of drug-likeness (QED) is 0.420. The van der Waals surface area contributed by atoms with Gasteiger partial charge in [-0.1, -0.05) is 0 Å². The third kappa shape index (κ3) is 3.64. The van der Waals surface area contributed by atoms with E-state index in [4.69, 9.17) is 9.15 Å². The first-order valence-corrected chi connectivity index (χ1v) is 10.0. The molecule has 0 spiro atoms. The van der Waals surface area contributed by atoms with Crippen LogP contribution >= 0.6 is 0 Å². The molecule has 1 aromatic carbocycles. The molecule has 0 fully saturated rings. The van der Waals surface area contributed by atoms with Gasteiger partial charge in [-0.05, 0) is 51.1 Å². The second kappa shape index (κ2) is 7.45. The van der Waals surface area contributed by atoms with Gasteiger partial charge in [-0.25, -0.2) is 14.8 Å². The van der Waals surface area contributed by atoms with Crippen LogP contribution in [0, 0.1) is 0 Å². The van der Waals surface area contributed by atoms with Crippen LogP contribution in [0.4, 0.5) is 16.2 Å². The van der Waals surface area contributed by atoms with Crippen molar-refractivity contribution in [3.8, 4) is 11.6 Å². The van der Waals surface area contributed by atoms with Crippen molar-refractivity contribution in [1.29, 1.82) is 0 Å². The predicted molar refractivity (Wildman–Crippen MR) is 120 cm³/mol. The van der Waals surface area contributed by atoms with Gasteiger partial charge in [-0.3, -0.25) is 4.98 Å². The highest BCUT2D eigenvalue weighted by atomic mass is 16.6. The Balaban J connectivity index is 1.58. The number of hydrogen-bond acceptors (Lipinski definition) is 8. The lowest BCUT2D eigenvalue weighted by Gasteiger charge is -2.19. The first-order chi connectivity index (χ1) is 15.4. The molecule has 160 valence electrons. The summed E-state index contributed by atoms with van der Waals surface area (Å²) < 4.78 is 12.7. The predicted octanol–water partition coefficient (Wildman–Crippen LogP) is 5.16. The van der Waals surface area contributed by atoms with Gasteiger partial charge in [-0.2, -0.15) is 9.78 Å². The minimum Gasteiger partial charge on any atom is -0.449 e. The number of anilines is 2. The Hall–Kier alpha value is -4.27. The number of nitrogens with zero attached hydrogens (tertiary/aromatic N) is 5. The molecular formula is C23H20N6O3. The van der Waals surface area contributed by atoms with E-state index in [1.807, 2.05) is 45.0 Å². The van der Waals surface area contributed by atoms with Crippen LogP contribution in [0.1, 0.15) is 20.8 Å². The molecule has 1 N–H and O–H groups in total. The number of fused-ring (bicyclic) bond motifs is 2. The summed E-state index contributed by atoms with van der Waals surface area (Å²) in [4.78, 5) is 25.4. The third-order valence-corrected chi connectivity index (χ3v) is 4.67. The van der Waals surface area contributed by atoms with Crippen LogP contribution in [-0.4, -0.2) is 36.4 Å². The Labute approximate surface area is 183 Å². The highest BCUT2D eigenvalue weighted by molar-refractivity contribution is 6.00. The molecule has 0 aliphatic heterocycles. The normalized spacial score (nSPS) is 11.7. The molecule has 5 rings (SSSR count). The number of hydrogen-bond donors (Lipinski definition) is 1. The van der Waals surface area contributed by atoms with Gasteiger partial charge in [0.2, 0.25) is 0 Å². The Morgan fingerprint density at radius 1 is 1.09 bits per heavy atom. The van der Waals surface area contributed by atoms with Crippen molar-refractivity contribution in [2.75, 3.05) is 5.32 Å². The number of carbonyl (C=O) groups excluding carboxylic acids is 1. The lowest BCUT2D eigenvalue weighted by atomic mass is 10.2. The zero-order valence-electron chi connectivity index (χ0n) is 17.7. The van der Waals surface area contributed by atoms with Gasteiger partial charge < -0.3 is 14.5 Å². The highest BCUT2D eigenvalue weighted by Gasteiger charge is 2.21. The number of aromatic nitrogens is 5. The fourth-order valence-corrected chi connectivity index (χ4v) is 3.34. The Morgan fingerprint density at radius 2 is 1.91 bits per heavy atom. The molecule has 32 heavy (non-hydrogen) atoms. The van der Waals surface area contributed by atoms with Gasteiger partial charge in [0.1, 0.15) is 5.60 Å². The first kappa shape index (κ1) is 19.7. The van der Waals surface area contributed by atoms with Gasteiger partial charge in [0.15, 0.2) is 17.2 Å². The topological polar surface area (TPSA) is 108 Å². The van der Waals surface area contributed by atoms with E-state index < -0.39 is 11.7 Å². The van der Waals surface area contributed by atoms with E-state index >= 15 is 0 Å². The Morgan fingerprint density at radius 3 is 2.69 bits per heavy atom. The van der Waals surface area contributed by atoms with Crippen molar-refractivity contribution in [3.63, 3.8) is 0 Å². The molecule has 0 aliphatic rings. The first-order valence-electron chi connectivity index (χ1n) is 10.0. The highest BCUT2D eigenvalue weighted by Crippen LogP contribution is 2.38. The number of ether oxygens (including phenoxy) is 1. The van der Waals surface area contributed by atoms with Crippen molar-refractivity contribution in [2.24, 2.45) is 0 Å². The van der Waals surface area contributed by atoms with E-state index in [0.29, 0.717) is 28.4 Å². The second-order valence-corrected chi connectivity index (χ2v) is 8.19. The van der Waals surface area contributed by atoms with Gasteiger partial charge in [0.25, 0.3) is 0 Å². The number of furan rings is 1. The molecule has 0 saturated heterocycles. The zero-order chi connectivity index (χ0) is 22.3. The molecule has 0 aliphatic carbocycles. The number of nitrogens with one attached hydrogen (secondary N) is 1. The van der Waals surface area contributed by atoms with Crippen LogP contribution in [-0.2, 0) is 4.74 Å². The fraction of sp³-hybridized carbons (Fsp3) is 0.174. The molecular weight excluding hydrogens is 408 g/mol. The summed E-state index contributed by atoms with van der Waals surface area (Å²) >= 11 is 0. The maximum atomic E-state index is 12.6.